The van der Waals surface area contributed by atoms with E-state index in [9.17, 15) is 9.59 Å². The van der Waals surface area contributed by atoms with Crippen molar-refractivity contribution in [3.8, 4) is 11.5 Å². The Labute approximate surface area is 157 Å². The standard InChI is InChI=1S/C20H24N2O5/c23-13-5-4-12-21-18(20(25)22-26)14-19(24)15-8-10-17(11-9-15)27-16-6-2-1-3-7-16/h1-3,6-11,18,21,23,26H,4-5,12-14H2,(H,22,25). The maximum absolute atomic E-state index is 12.5. The molecular formula is C20H24N2O5. The molecule has 1 unspecified atom stereocenters. The molecule has 1 amide bonds. The van der Waals surface area contributed by atoms with Gasteiger partial charge in [0.1, 0.15) is 11.5 Å². The minimum absolute atomic E-state index is 0.0644. The first-order valence-corrected chi connectivity index (χ1v) is 8.78. The number of hydrogen-bond donors (Lipinski definition) is 4. The third-order valence-corrected chi connectivity index (χ3v) is 3.95. The first-order chi connectivity index (χ1) is 13.1. The van der Waals surface area contributed by atoms with Crippen LogP contribution in [0.15, 0.2) is 54.6 Å². The topological polar surface area (TPSA) is 108 Å². The Balaban J connectivity index is 1.94. The molecule has 2 aromatic carbocycles. The van der Waals surface area contributed by atoms with Crippen molar-refractivity contribution in [2.24, 2.45) is 0 Å². The molecule has 4 N–H and O–H groups in total. The molecule has 27 heavy (non-hydrogen) atoms. The van der Waals surface area contributed by atoms with Crippen LogP contribution in [-0.2, 0) is 4.79 Å². The first-order valence-electron chi connectivity index (χ1n) is 8.78. The van der Waals surface area contributed by atoms with Crippen molar-refractivity contribution in [3.63, 3.8) is 0 Å². The Kier molecular flexibility index (Phi) is 8.44. The summed E-state index contributed by atoms with van der Waals surface area (Å²) in [5.41, 5.74) is 2.02. The number of aliphatic hydroxyl groups is 1. The number of unbranched alkanes of at least 4 members (excludes halogenated alkanes) is 1. The second-order valence-corrected chi connectivity index (χ2v) is 5.98. The van der Waals surface area contributed by atoms with Crippen molar-refractivity contribution < 1.29 is 24.6 Å². The summed E-state index contributed by atoms with van der Waals surface area (Å²) in [5.74, 6) is 0.397. The quantitative estimate of drug-likeness (QED) is 0.209. The van der Waals surface area contributed by atoms with Gasteiger partial charge in [0.05, 0.1) is 6.04 Å². The van der Waals surface area contributed by atoms with Crippen molar-refractivity contribution >= 4 is 11.7 Å². The zero-order valence-electron chi connectivity index (χ0n) is 14.9. The second-order valence-electron chi connectivity index (χ2n) is 5.98. The number of ketones is 1. The molecule has 7 nitrogen and oxygen atoms in total. The van der Waals surface area contributed by atoms with Crippen molar-refractivity contribution in [1.29, 1.82) is 0 Å². The van der Waals surface area contributed by atoms with Gasteiger partial charge in [-0.05, 0) is 55.8 Å². The van der Waals surface area contributed by atoms with Crippen molar-refractivity contribution in [2.45, 2.75) is 25.3 Å². The zero-order chi connectivity index (χ0) is 19.5. The molecule has 7 heteroatoms. The summed E-state index contributed by atoms with van der Waals surface area (Å²) in [6.07, 6.45) is 1.16. The summed E-state index contributed by atoms with van der Waals surface area (Å²) < 4.78 is 5.68. The summed E-state index contributed by atoms with van der Waals surface area (Å²) >= 11 is 0. The summed E-state index contributed by atoms with van der Waals surface area (Å²) in [7, 11) is 0. The fraction of sp³-hybridized carbons (Fsp3) is 0.300. The van der Waals surface area contributed by atoms with Gasteiger partial charge in [0, 0.05) is 18.6 Å². The number of aliphatic hydroxyl groups excluding tert-OH is 1. The van der Waals surface area contributed by atoms with Crippen LogP contribution in [0.1, 0.15) is 29.6 Å². The van der Waals surface area contributed by atoms with Crippen LogP contribution in [-0.4, -0.2) is 41.2 Å². The monoisotopic (exact) mass is 372 g/mol. The Bertz CT molecular complexity index is 719. The number of carbonyl (C=O) groups excluding carboxylic acids is 2. The molecule has 0 aliphatic heterocycles. The maximum atomic E-state index is 12.5. The Morgan fingerprint density at radius 2 is 1.63 bits per heavy atom. The van der Waals surface area contributed by atoms with Gasteiger partial charge in [0.25, 0.3) is 5.91 Å². The number of carbonyl (C=O) groups is 2. The molecule has 0 aliphatic rings. The largest absolute Gasteiger partial charge is 0.457 e. The smallest absolute Gasteiger partial charge is 0.260 e. The fourth-order valence-corrected chi connectivity index (χ4v) is 2.49. The molecule has 0 saturated carbocycles. The van der Waals surface area contributed by atoms with Crippen LogP contribution >= 0.6 is 0 Å². The summed E-state index contributed by atoms with van der Waals surface area (Å²) in [4.78, 5) is 24.2. The predicted molar refractivity (Wildman–Crippen MR) is 99.9 cm³/mol. The van der Waals surface area contributed by atoms with Crippen molar-refractivity contribution in [1.82, 2.24) is 10.8 Å². The number of hydroxylamine groups is 1. The number of para-hydroxylation sites is 1. The number of amides is 1. The van der Waals surface area contributed by atoms with Gasteiger partial charge in [-0.25, -0.2) is 5.48 Å². The van der Waals surface area contributed by atoms with E-state index < -0.39 is 11.9 Å². The second kappa shape index (κ2) is 11.1. The number of nitrogens with one attached hydrogen (secondary N) is 2. The molecular weight excluding hydrogens is 348 g/mol. The lowest BCUT2D eigenvalue weighted by Crippen LogP contribution is -2.44. The van der Waals surface area contributed by atoms with E-state index in [4.69, 9.17) is 15.1 Å². The molecule has 0 spiro atoms. The van der Waals surface area contributed by atoms with Crippen LogP contribution in [0.5, 0.6) is 11.5 Å². The molecule has 0 radical (unpaired) electrons. The lowest BCUT2D eigenvalue weighted by molar-refractivity contribution is -0.131. The number of Topliss-reactive ketones (excluding diaryl/α,β-unsaturated/α-hetero) is 1. The van der Waals surface area contributed by atoms with E-state index in [1.165, 1.54) is 0 Å². The maximum Gasteiger partial charge on any atom is 0.260 e. The molecule has 0 heterocycles. The normalized spacial score (nSPS) is 11.6. The van der Waals surface area contributed by atoms with Crippen LogP contribution in [0.2, 0.25) is 0 Å². The van der Waals surface area contributed by atoms with Gasteiger partial charge in [0.15, 0.2) is 5.78 Å². The molecule has 0 aromatic heterocycles. The van der Waals surface area contributed by atoms with Gasteiger partial charge in [-0.1, -0.05) is 18.2 Å². The minimum Gasteiger partial charge on any atom is -0.457 e. The van der Waals surface area contributed by atoms with Crippen LogP contribution in [0, 0.1) is 0 Å². The Morgan fingerprint density at radius 1 is 0.963 bits per heavy atom. The van der Waals surface area contributed by atoms with Crippen LogP contribution in [0.3, 0.4) is 0 Å². The lowest BCUT2D eigenvalue weighted by atomic mass is 10.0. The molecule has 144 valence electrons. The van der Waals surface area contributed by atoms with E-state index in [0.717, 1.165) is 0 Å². The number of benzene rings is 2. The van der Waals surface area contributed by atoms with Gasteiger partial charge in [-0.2, -0.15) is 0 Å². The molecule has 0 fully saturated rings. The Hall–Kier alpha value is -2.74. The van der Waals surface area contributed by atoms with Gasteiger partial charge in [-0.15, -0.1) is 0 Å². The third-order valence-electron chi connectivity index (χ3n) is 3.95. The van der Waals surface area contributed by atoms with Gasteiger partial charge >= 0.3 is 0 Å². The highest BCUT2D eigenvalue weighted by atomic mass is 16.5. The van der Waals surface area contributed by atoms with E-state index in [-0.39, 0.29) is 18.8 Å². The molecule has 2 rings (SSSR count). The SMILES string of the molecule is O=C(CC(NCCCCO)C(=O)NO)c1ccc(Oc2ccccc2)cc1. The third kappa shape index (κ3) is 6.82. The van der Waals surface area contributed by atoms with Gasteiger partial charge in [0.2, 0.25) is 0 Å². The molecule has 0 aliphatic carbocycles. The van der Waals surface area contributed by atoms with E-state index >= 15 is 0 Å². The molecule has 1 atom stereocenters. The number of hydrogen-bond acceptors (Lipinski definition) is 6. The predicted octanol–water partition coefficient (Wildman–Crippen LogP) is 2.29. The van der Waals surface area contributed by atoms with Crippen molar-refractivity contribution in [2.75, 3.05) is 13.2 Å². The fourth-order valence-electron chi connectivity index (χ4n) is 2.49. The van der Waals surface area contributed by atoms with Crippen LogP contribution in [0.4, 0.5) is 0 Å². The van der Waals surface area contributed by atoms with E-state index in [2.05, 4.69) is 5.32 Å². The molecule has 0 saturated heterocycles. The van der Waals surface area contributed by atoms with E-state index in [0.29, 0.717) is 36.4 Å². The van der Waals surface area contributed by atoms with Crippen molar-refractivity contribution in [3.05, 3.63) is 60.2 Å². The minimum atomic E-state index is -0.846. The molecule has 2 aromatic rings. The average Bonchev–Trinajstić information content (AvgIpc) is 2.71. The average molecular weight is 372 g/mol. The lowest BCUT2D eigenvalue weighted by Gasteiger charge is -2.16. The Morgan fingerprint density at radius 3 is 2.26 bits per heavy atom. The highest BCUT2D eigenvalue weighted by molar-refractivity contribution is 5.99. The number of rotatable bonds is 11. The highest BCUT2D eigenvalue weighted by Gasteiger charge is 2.21. The van der Waals surface area contributed by atoms with Gasteiger partial charge in [-0.3, -0.25) is 14.8 Å². The highest BCUT2D eigenvalue weighted by Crippen LogP contribution is 2.21. The van der Waals surface area contributed by atoms with Crippen LogP contribution < -0.4 is 15.5 Å². The summed E-state index contributed by atoms with van der Waals surface area (Å²) in [5, 5.41) is 20.6. The number of ether oxygens (including phenoxy) is 1. The zero-order valence-corrected chi connectivity index (χ0v) is 14.9. The van der Waals surface area contributed by atoms with Crippen LogP contribution in [0.25, 0.3) is 0 Å². The summed E-state index contributed by atoms with van der Waals surface area (Å²) in [6.45, 7) is 0.519. The first kappa shape index (κ1) is 20.6. The van der Waals surface area contributed by atoms with E-state index in [1.54, 1.807) is 29.7 Å². The molecule has 0 bridgehead atoms. The summed E-state index contributed by atoms with van der Waals surface area (Å²) in [6, 6.07) is 15.1. The van der Waals surface area contributed by atoms with E-state index in [1.807, 2.05) is 30.3 Å². The van der Waals surface area contributed by atoms with Gasteiger partial charge < -0.3 is 15.2 Å².